The van der Waals surface area contributed by atoms with Gasteiger partial charge in [0, 0.05) is 13.1 Å². The molecule has 0 aliphatic rings. The van der Waals surface area contributed by atoms with Gasteiger partial charge in [0.25, 0.3) is 0 Å². The molecule has 0 heterocycles. The summed E-state index contributed by atoms with van der Waals surface area (Å²) in [5, 5.41) is 5.26. The molecule has 1 rings (SSSR count). The van der Waals surface area contributed by atoms with E-state index in [1.807, 2.05) is 25.1 Å². The van der Waals surface area contributed by atoms with Gasteiger partial charge in [-0.1, -0.05) is 49.6 Å². The van der Waals surface area contributed by atoms with Crippen LogP contribution >= 0.6 is 0 Å². The first-order valence-electron chi connectivity index (χ1n) is 12.2. The lowest BCUT2D eigenvalue weighted by Crippen LogP contribution is -2.48. The molecule has 9 nitrogen and oxygen atoms in total. The van der Waals surface area contributed by atoms with Crippen molar-refractivity contribution in [3.05, 3.63) is 35.4 Å². The number of amides is 3. The van der Waals surface area contributed by atoms with Gasteiger partial charge >= 0.3 is 12.1 Å². The highest BCUT2D eigenvalue weighted by Gasteiger charge is 2.31. The number of ether oxygens (including phenoxy) is 2. The number of nitrogens with zero attached hydrogens (tertiary/aromatic N) is 1. The second kappa shape index (κ2) is 15.0. The summed E-state index contributed by atoms with van der Waals surface area (Å²) < 4.78 is 10.1. The molecular formula is C26H41N3O6. The Balaban J connectivity index is 3.13. The molecular weight excluding hydrogens is 450 g/mol. The lowest BCUT2D eigenvalue weighted by Gasteiger charge is -2.32. The van der Waals surface area contributed by atoms with Crippen molar-refractivity contribution in [3.8, 4) is 0 Å². The summed E-state index contributed by atoms with van der Waals surface area (Å²) in [6.07, 6.45) is 1.86. The van der Waals surface area contributed by atoms with Crippen LogP contribution in [-0.2, 0) is 23.9 Å². The SMILES string of the molecule is CCCCCN(C(=O)CNC(=O)OC(C)(C)C)C(C(=O)NCCC(=O)OCC)c1cccc(C)c1. The van der Waals surface area contributed by atoms with Crippen LogP contribution in [0, 0.1) is 6.92 Å². The summed E-state index contributed by atoms with van der Waals surface area (Å²) >= 11 is 0. The van der Waals surface area contributed by atoms with E-state index in [0.717, 1.165) is 18.4 Å². The summed E-state index contributed by atoms with van der Waals surface area (Å²) in [4.78, 5) is 51.9. The van der Waals surface area contributed by atoms with Crippen molar-refractivity contribution in [1.82, 2.24) is 15.5 Å². The number of carbonyl (C=O) groups excluding carboxylic acids is 4. The highest BCUT2D eigenvalue weighted by Crippen LogP contribution is 2.23. The Morgan fingerprint density at radius 3 is 2.37 bits per heavy atom. The normalized spacial score (nSPS) is 11.8. The molecule has 0 fully saturated rings. The predicted molar refractivity (Wildman–Crippen MR) is 134 cm³/mol. The average Bonchev–Trinajstić information content (AvgIpc) is 2.76. The largest absolute Gasteiger partial charge is 0.466 e. The predicted octanol–water partition coefficient (Wildman–Crippen LogP) is 3.65. The van der Waals surface area contributed by atoms with Crippen LogP contribution in [0.4, 0.5) is 4.79 Å². The zero-order valence-corrected chi connectivity index (χ0v) is 21.9. The zero-order chi connectivity index (χ0) is 26.4. The Kier molecular flexibility index (Phi) is 12.8. The van der Waals surface area contributed by atoms with Gasteiger partial charge in [0.15, 0.2) is 0 Å². The Morgan fingerprint density at radius 1 is 1.06 bits per heavy atom. The minimum Gasteiger partial charge on any atom is -0.466 e. The summed E-state index contributed by atoms with van der Waals surface area (Å²) in [7, 11) is 0. The number of esters is 1. The molecule has 0 aromatic heterocycles. The maximum Gasteiger partial charge on any atom is 0.408 e. The van der Waals surface area contributed by atoms with Gasteiger partial charge in [-0.05, 0) is 46.6 Å². The van der Waals surface area contributed by atoms with E-state index in [1.54, 1.807) is 33.8 Å². The van der Waals surface area contributed by atoms with Gasteiger partial charge in [-0.15, -0.1) is 0 Å². The molecule has 0 aliphatic heterocycles. The van der Waals surface area contributed by atoms with E-state index in [1.165, 1.54) is 4.90 Å². The molecule has 0 radical (unpaired) electrons. The molecule has 35 heavy (non-hydrogen) atoms. The van der Waals surface area contributed by atoms with Gasteiger partial charge in [-0.3, -0.25) is 14.4 Å². The van der Waals surface area contributed by atoms with Crippen LogP contribution in [0.15, 0.2) is 24.3 Å². The van der Waals surface area contributed by atoms with Crippen molar-refractivity contribution in [2.45, 2.75) is 78.9 Å². The molecule has 3 amide bonds. The van der Waals surface area contributed by atoms with E-state index >= 15 is 0 Å². The second-order valence-electron chi connectivity index (χ2n) is 9.31. The topological polar surface area (TPSA) is 114 Å². The lowest BCUT2D eigenvalue weighted by molar-refractivity contribution is -0.143. The molecule has 0 bridgehead atoms. The van der Waals surface area contributed by atoms with Crippen molar-refractivity contribution in [1.29, 1.82) is 0 Å². The fourth-order valence-corrected chi connectivity index (χ4v) is 3.42. The molecule has 0 saturated carbocycles. The summed E-state index contributed by atoms with van der Waals surface area (Å²) in [6, 6.07) is 6.48. The number of nitrogens with one attached hydrogen (secondary N) is 2. The number of alkyl carbamates (subject to hydrolysis) is 1. The summed E-state index contributed by atoms with van der Waals surface area (Å²) in [5.41, 5.74) is 0.900. The number of carbonyl (C=O) groups is 4. The van der Waals surface area contributed by atoms with Crippen molar-refractivity contribution >= 4 is 23.9 Å². The van der Waals surface area contributed by atoms with E-state index in [2.05, 4.69) is 17.6 Å². The Hall–Kier alpha value is -3.10. The molecule has 0 aliphatic carbocycles. The molecule has 1 aromatic carbocycles. The van der Waals surface area contributed by atoms with Crippen molar-refractivity contribution in [2.24, 2.45) is 0 Å². The fraction of sp³-hybridized carbons (Fsp3) is 0.615. The van der Waals surface area contributed by atoms with Gasteiger partial charge in [0.1, 0.15) is 18.2 Å². The number of benzene rings is 1. The second-order valence-corrected chi connectivity index (χ2v) is 9.31. The van der Waals surface area contributed by atoms with E-state index in [0.29, 0.717) is 18.5 Å². The minimum absolute atomic E-state index is 0.0318. The molecule has 0 spiro atoms. The van der Waals surface area contributed by atoms with Crippen molar-refractivity contribution in [3.63, 3.8) is 0 Å². The Morgan fingerprint density at radius 2 is 1.77 bits per heavy atom. The highest BCUT2D eigenvalue weighted by atomic mass is 16.6. The monoisotopic (exact) mass is 491 g/mol. The average molecular weight is 492 g/mol. The first-order chi connectivity index (χ1) is 16.5. The van der Waals surface area contributed by atoms with Crippen molar-refractivity contribution < 1.29 is 28.7 Å². The van der Waals surface area contributed by atoms with Crippen LogP contribution in [-0.4, -0.2) is 60.6 Å². The summed E-state index contributed by atoms with van der Waals surface area (Å²) in [5.74, 6) is -1.21. The fourth-order valence-electron chi connectivity index (χ4n) is 3.42. The van der Waals surface area contributed by atoms with Crippen LogP contribution < -0.4 is 10.6 Å². The van der Waals surface area contributed by atoms with Gasteiger partial charge < -0.3 is 25.0 Å². The first kappa shape index (κ1) is 29.9. The molecule has 1 aromatic rings. The minimum atomic E-state index is -0.915. The van der Waals surface area contributed by atoms with E-state index in [4.69, 9.17) is 9.47 Å². The molecule has 9 heteroatoms. The number of unbranched alkanes of at least 4 members (excludes halogenated alkanes) is 2. The summed E-state index contributed by atoms with van der Waals surface area (Å²) in [6.45, 7) is 11.3. The number of hydrogen-bond donors (Lipinski definition) is 2. The Labute approximate surface area is 208 Å². The van der Waals surface area contributed by atoms with E-state index in [9.17, 15) is 19.2 Å². The number of aryl methyl sites for hydroxylation is 1. The molecule has 0 saturated heterocycles. The standard InChI is InChI=1S/C26H41N3O6/c1-7-9-10-16-29(21(30)18-28-25(33)35-26(4,5)6)23(20-13-11-12-19(3)17-20)24(32)27-15-14-22(31)34-8-2/h11-13,17,23H,7-10,14-16,18H2,1-6H3,(H,27,32)(H,28,33). The van der Waals surface area contributed by atoms with Crippen LogP contribution in [0.1, 0.15) is 77.5 Å². The molecule has 2 N–H and O–H groups in total. The smallest absolute Gasteiger partial charge is 0.408 e. The molecule has 196 valence electrons. The third kappa shape index (κ3) is 11.7. The van der Waals surface area contributed by atoms with Crippen LogP contribution in [0.3, 0.4) is 0 Å². The van der Waals surface area contributed by atoms with Gasteiger partial charge in [-0.25, -0.2) is 4.79 Å². The van der Waals surface area contributed by atoms with Crippen molar-refractivity contribution in [2.75, 3.05) is 26.2 Å². The number of rotatable bonds is 13. The third-order valence-corrected chi connectivity index (χ3v) is 4.96. The maximum atomic E-state index is 13.3. The van der Waals surface area contributed by atoms with Gasteiger partial charge in [0.05, 0.1) is 13.0 Å². The zero-order valence-electron chi connectivity index (χ0n) is 21.9. The van der Waals surface area contributed by atoms with Crippen LogP contribution in [0.2, 0.25) is 0 Å². The van der Waals surface area contributed by atoms with Crippen LogP contribution in [0.25, 0.3) is 0 Å². The number of hydrogen-bond acceptors (Lipinski definition) is 6. The molecule has 1 unspecified atom stereocenters. The lowest BCUT2D eigenvalue weighted by atomic mass is 10.0. The quantitative estimate of drug-likeness (QED) is 0.322. The highest BCUT2D eigenvalue weighted by molar-refractivity contribution is 5.90. The maximum absolute atomic E-state index is 13.3. The third-order valence-electron chi connectivity index (χ3n) is 4.96. The van der Waals surface area contributed by atoms with Gasteiger partial charge in [0.2, 0.25) is 11.8 Å². The first-order valence-corrected chi connectivity index (χ1v) is 12.2. The van der Waals surface area contributed by atoms with Crippen LogP contribution in [0.5, 0.6) is 0 Å². The van der Waals surface area contributed by atoms with Gasteiger partial charge in [-0.2, -0.15) is 0 Å². The van der Waals surface area contributed by atoms with E-state index < -0.39 is 35.5 Å². The molecule has 1 atom stereocenters. The Bertz CT molecular complexity index is 850. The van der Waals surface area contributed by atoms with E-state index in [-0.39, 0.29) is 26.1 Å².